The van der Waals surface area contributed by atoms with Crippen molar-refractivity contribution >= 4 is 39.1 Å². The molecule has 0 spiro atoms. The first-order valence-electron chi connectivity index (χ1n) is 3.04. The molecule has 0 unspecified atom stereocenters. The van der Waals surface area contributed by atoms with Crippen LogP contribution in [0.2, 0.25) is 10.0 Å². The van der Waals surface area contributed by atoms with Gasteiger partial charge in [-0.15, -0.1) is 0 Å². The molecule has 0 bridgehead atoms. The van der Waals surface area contributed by atoms with Crippen LogP contribution in [0.5, 0.6) is 0 Å². The van der Waals surface area contributed by atoms with E-state index in [1.807, 2.05) is 0 Å². The van der Waals surface area contributed by atoms with Crippen molar-refractivity contribution in [2.24, 2.45) is 0 Å². The van der Waals surface area contributed by atoms with Gasteiger partial charge in [0.15, 0.2) is 0 Å². The molecule has 13 heavy (non-hydrogen) atoms. The van der Waals surface area contributed by atoms with Gasteiger partial charge in [-0.2, -0.15) is 13.2 Å². The lowest BCUT2D eigenvalue weighted by atomic mass is 10.2. The third-order valence-corrected chi connectivity index (χ3v) is 2.83. The minimum atomic E-state index is -4.45. The van der Waals surface area contributed by atoms with Crippen molar-refractivity contribution in [3.05, 3.63) is 32.2 Å². The summed E-state index contributed by atoms with van der Waals surface area (Å²) < 4.78 is 36.8. The van der Waals surface area contributed by atoms with Crippen molar-refractivity contribution in [3.8, 4) is 0 Å². The van der Waals surface area contributed by atoms with Crippen molar-refractivity contribution in [2.45, 2.75) is 6.18 Å². The molecule has 0 amide bonds. The monoisotopic (exact) mass is 292 g/mol. The summed E-state index contributed by atoms with van der Waals surface area (Å²) in [5, 5.41) is -0.251. The summed E-state index contributed by atoms with van der Waals surface area (Å²) in [6.45, 7) is 0. The molecule has 0 N–H and O–H groups in total. The van der Waals surface area contributed by atoms with Crippen LogP contribution in [0.4, 0.5) is 13.2 Å². The van der Waals surface area contributed by atoms with Gasteiger partial charge in [-0.25, -0.2) is 0 Å². The molecule has 0 saturated heterocycles. The highest BCUT2D eigenvalue weighted by Crippen LogP contribution is 2.38. The Kier molecular flexibility index (Phi) is 3.15. The molecule has 1 aromatic rings. The molecular weight excluding hydrogens is 292 g/mol. The van der Waals surface area contributed by atoms with Gasteiger partial charge in [0.1, 0.15) is 0 Å². The third-order valence-electron chi connectivity index (χ3n) is 1.32. The van der Waals surface area contributed by atoms with Crippen LogP contribution in [0.15, 0.2) is 16.6 Å². The van der Waals surface area contributed by atoms with Gasteiger partial charge >= 0.3 is 6.18 Å². The van der Waals surface area contributed by atoms with Crippen LogP contribution < -0.4 is 0 Å². The lowest BCUT2D eigenvalue weighted by Gasteiger charge is -2.09. The molecule has 1 aromatic carbocycles. The first-order chi connectivity index (χ1) is 5.82. The summed E-state index contributed by atoms with van der Waals surface area (Å²) in [5.41, 5.74) is -0.898. The fourth-order valence-electron chi connectivity index (χ4n) is 0.740. The van der Waals surface area contributed by atoms with Crippen molar-refractivity contribution in [3.63, 3.8) is 0 Å². The Labute approximate surface area is 90.8 Å². The second kappa shape index (κ2) is 3.67. The van der Waals surface area contributed by atoms with Crippen LogP contribution in [0.25, 0.3) is 0 Å². The van der Waals surface area contributed by atoms with Gasteiger partial charge in [0.25, 0.3) is 0 Å². The maximum absolute atomic E-state index is 12.2. The molecule has 0 saturated carbocycles. The predicted molar refractivity (Wildman–Crippen MR) is 49.2 cm³/mol. The number of halogens is 6. The van der Waals surface area contributed by atoms with E-state index in [0.29, 0.717) is 0 Å². The zero-order chi connectivity index (χ0) is 10.2. The smallest absolute Gasteiger partial charge is 0.166 e. The molecule has 1 rings (SSSR count). The van der Waals surface area contributed by atoms with Gasteiger partial charge in [-0.05, 0) is 28.1 Å². The van der Waals surface area contributed by atoms with E-state index >= 15 is 0 Å². The zero-order valence-electron chi connectivity index (χ0n) is 5.92. The number of alkyl halides is 3. The van der Waals surface area contributed by atoms with Gasteiger partial charge in [-0.1, -0.05) is 23.2 Å². The van der Waals surface area contributed by atoms with E-state index in [4.69, 9.17) is 23.2 Å². The van der Waals surface area contributed by atoms with E-state index in [-0.39, 0.29) is 9.50 Å². The van der Waals surface area contributed by atoms with Crippen LogP contribution in [-0.2, 0) is 6.18 Å². The van der Waals surface area contributed by atoms with E-state index in [1.165, 1.54) is 0 Å². The van der Waals surface area contributed by atoms with Gasteiger partial charge in [0, 0.05) is 4.47 Å². The topological polar surface area (TPSA) is 0 Å². The largest absolute Gasteiger partial charge is 0.417 e. The quantitative estimate of drug-likeness (QED) is 0.604. The van der Waals surface area contributed by atoms with Crippen molar-refractivity contribution < 1.29 is 13.2 Å². The first-order valence-corrected chi connectivity index (χ1v) is 4.59. The maximum atomic E-state index is 12.2. The van der Waals surface area contributed by atoms with E-state index < -0.39 is 16.8 Å². The SMILES string of the molecule is FC(F)(F)c1cc(Br)c(Cl)cc1Cl. The van der Waals surface area contributed by atoms with Gasteiger partial charge < -0.3 is 0 Å². The van der Waals surface area contributed by atoms with Crippen LogP contribution in [-0.4, -0.2) is 0 Å². The minimum absolute atomic E-state index is 0.151. The number of hydrogen-bond donors (Lipinski definition) is 0. The van der Waals surface area contributed by atoms with Gasteiger partial charge in [0.2, 0.25) is 0 Å². The third kappa shape index (κ3) is 2.51. The maximum Gasteiger partial charge on any atom is 0.417 e. The van der Waals surface area contributed by atoms with Gasteiger partial charge in [0.05, 0.1) is 15.6 Å². The summed E-state index contributed by atoms with van der Waals surface area (Å²) in [5.74, 6) is 0. The van der Waals surface area contributed by atoms with Crippen molar-refractivity contribution in [2.75, 3.05) is 0 Å². The second-order valence-corrected chi connectivity index (χ2v) is 3.91. The van der Waals surface area contributed by atoms with E-state index in [0.717, 1.165) is 12.1 Å². The van der Waals surface area contributed by atoms with Crippen LogP contribution in [0.3, 0.4) is 0 Å². The molecule has 0 heterocycles. The highest BCUT2D eigenvalue weighted by atomic mass is 79.9. The lowest BCUT2D eigenvalue weighted by Crippen LogP contribution is -2.05. The average molecular weight is 294 g/mol. The van der Waals surface area contributed by atoms with E-state index in [9.17, 15) is 13.2 Å². The molecule has 0 radical (unpaired) electrons. The van der Waals surface area contributed by atoms with E-state index in [1.54, 1.807) is 0 Å². The summed E-state index contributed by atoms with van der Waals surface area (Å²) in [4.78, 5) is 0. The Morgan fingerprint density at radius 1 is 1.08 bits per heavy atom. The van der Waals surface area contributed by atoms with E-state index in [2.05, 4.69) is 15.9 Å². The predicted octanol–water partition coefficient (Wildman–Crippen LogP) is 4.77. The Bertz CT molecular complexity index is 335. The Morgan fingerprint density at radius 2 is 1.62 bits per heavy atom. The molecule has 0 aliphatic carbocycles. The molecule has 0 aliphatic heterocycles. The highest BCUT2D eigenvalue weighted by molar-refractivity contribution is 9.10. The fourth-order valence-corrected chi connectivity index (χ4v) is 1.57. The van der Waals surface area contributed by atoms with Crippen LogP contribution in [0.1, 0.15) is 5.56 Å². The van der Waals surface area contributed by atoms with Crippen LogP contribution in [0, 0.1) is 0 Å². The van der Waals surface area contributed by atoms with Gasteiger partial charge in [-0.3, -0.25) is 0 Å². The van der Waals surface area contributed by atoms with Crippen molar-refractivity contribution in [1.82, 2.24) is 0 Å². The summed E-state index contributed by atoms with van der Waals surface area (Å²) in [6.07, 6.45) is -4.45. The first kappa shape index (κ1) is 11.1. The number of rotatable bonds is 0. The minimum Gasteiger partial charge on any atom is -0.166 e. The molecule has 0 aliphatic rings. The number of hydrogen-bond acceptors (Lipinski definition) is 0. The molecular formula is C7H2BrCl2F3. The molecule has 0 nitrogen and oxygen atoms in total. The van der Waals surface area contributed by atoms with Crippen molar-refractivity contribution in [1.29, 1.82) is 0 Å². The van der Waals surface area contributed by atoms with Crippen LogP contribution >= 0.6 is 39.1 Å². The fraction of sp³-hybridized carbons (Fsp3) is 0.143. The summed E-state index contributed by atoms with van der Waals surface area (Å²) >= 11 is 13.8. The Morgan fingerprint density at radius 3 is 2.08 bits per heavy atom. The Hall–Kier alpha value is 0.0700. The molecule has 0 fully saturated rings. The standard InChI is InChI=1S/C7H2BrCl2F3/c8-4-1-3(7(11,12)13)5(9)2-6(4)10/h1-2H. The molecule has 0 aromatic heterocycles. The summed E-state index contributed by atoms with van der Waals surface area (Å²) in [6, 6.07) is 1.90. The number of benzene rings is 1. The molecule has 72 valence electrons. The lowest BCUT2D eigenvalue weighted by molar-refractivity contribution is -0.137. The molecule has 0 atom stereocenters. The Balaban J connectivity index is 3.32. The molecule has 6 heteroatoms. The highest BCUT2D eigenvalue weighted by Gasteiger charge is 2.33. The average Bonchev–Trinajstić information content (AvgIpc) is 1.94. The zero-order valence-corrected chi connectivity index (χ0v) is 9.02. The summed E-state index contributed by atoms with van der Waals surface area (Å²) in [7, 11) is 0. The second-order valence-electron chi connectivity index (χ2n) is 2.24. The normalized spacial score (nSPS) is 11.8.